The lowest BCUT2D eigenvalue weighted by molar-refractivity contribution is -0.126. The highest BCUT2D eigenvalue weighted by molar-refractivity contribution is 5.98. The second-order valence-electron chi connectivity index (χ2n) is 7.48. The fourth-order valence-corrected chi connectivity index (χ4v) is 3.77. The summed E-state index contributed by atoms with van der Waals surface area (Å²) in [5.74, 6) is 0.172. The fourth-order valence-electron chi connectivity index (χ4n) is 3.77. The number of hydrogen-bond donors (Lipinski definition) is 2. The summed E-state index contributed by atoms with van der Waals surface area (Å²) in [7, 11) is 0. The molecule has 2 heterocycles. The van der Waals surface area contributed by atoms with Crippen molar-refractivity contribution in [3.05, 3.63) is 29.3 Å². The van der Waals surface area contributed by atoms with Crippen molar-refractivity contribution in [2.24, 2.45) is 5.92 Å². The maximum Gasteiger partial charge on any atom is 0.253 e. The third-order valence-corrected chi connectivity index (χ3v) is 5.48. The van der Waals surface area contributed by atoms with Crippen molar-refractivity contribution in [1.29, 1.82) is 0 Å². The number of carbonyl (C=O) groups is 3. The number of unbranched alkanes of at least 4 members (excludes halogenated alkanes) is 2. The predicted octanol–water partition coefficient (Wildman–Crippen LogP) is 2.73. The van der Waals surface area contributed by atoms with Crippen molar-refractivity contribution in [2.45, 2.75) is 51.9 Å². The van der Waals surface area contributed by atoms with E-state index < -0.39 is 0 Å². The first kappa shape index (κ1) is 19.4. The van der Waals surface area contributed by atoms with Gasteiger partial charge in [0.1, 0.15) is 0 Å². The summed E-state index contributed by atoms with van der Waals surface area (Å²) < 4.78 is 0. The molecule has 0 atom stereocenters. The lowest BCUT2D eigenvalue weighted by Gasteiger charge is -2.31. The molecule has 1 fully saturated rings. The number of likely N-dealkylation sites (tertiary alicyclic amines) is 1. The minimum Gasteiger partial charge on any atom is -0.356 e. The molecule has 2 N–H and O–H groups in total. The van der Waals surface area contributed by atoms with Crippen LogP contribution in [0.25, 0.3) is 0 Å². The van der Waals surface area contributed by atoms with Crippen molar-refractivity contribution < 1.29 is 14.4 Å². The van der Waals surface area contributed by atoms with Gasteiger partial charge in [-0.05, 0) is 49.4 Å². The molecular weight excluding hydrogens is 342 g/mol. The van der Waals surface area contributed by atoms with E-state index in [1.54, 1.807) is 6.07 Å². The number of fused-ring (bicyclic) bond motifs is 1. The van der Waals surface area contributed by atoms with Crippen molar-refractivity contribution in [1.82, 2.24) is 10.2 Å². The molecule has 3 rings (SSSR count). The van der Waals surface area contributed by atoms with Crippen LogP contribution >= 0.6 is 0 Å². The zero-order valence-electron chi connectivity index (χ0n) is 16.1. The third-order valence-electron chi connectivity index (χ3n) is 5.48. The number of nitrogens with zero attached hydrogens (tertiary/aromatic N) is 1. The molecule has 1 aromatic carbocycles. The highest BCUT2D eigenvalue weighted by atomic mass is 16.2. The Balaban J connectivity index is 1.51. The van der Waals surface area contributed by atoms with E-state index in [2.05, 4.69) is 17.6 Å². The van der Waals surface area contributed by atoms with Gasteiger partial charge in [-0.2, -0.15) is 0 Å². The highest BCUT2D eigenvalue weighted by Gasteiger charge is 2.28. The van der Waals surface area contributed by atoms with Gasteiger partial charge in [0.15, 0.2) is 0 Å². The van der Waals surface area contributed by atoms with Crippen LogP contribution in [0.5, 0.6) is 0 Å². The molecule has 1 aromatic rings. The predicted molar refractivity (Wildman–Crippen MR) is 105 cm³/mol. The van der Waals surface area contributed by atoms with Crippen molar-refractivity contribution in [3.63, 3.8) is 0 Å². The van der Waals surface area contributed by atoms with Gasteiger partial charge < -0.3 is 15.5 Å². The molecule has 6 nitrogen and oxygen atoms in total. The van der Waals surface area contributed by atoms with Crippen LogP contribution in [0.3, 0.4) is 0 Å². The van der Waals surface area contributed by atoms with Gasteiger partial charge in [-0.25, -0.2) is 0 Å². The lowest BCUT2D eigenvalue weighted by Crippen LogP contribution is -2.43. The Kier molecular flexibility index (Phi) is 6.48. The van der Waals surface area contributed by atoms with Crippen molar-refractivity contribution in [3.8, 4) is 0 Å². The van der Waals surface area contributed by atoms with E-state index in [-0.39, 0.29) is 23.6 Å². The highest BCUT2D eigenvalue weighted by Crippen LogP contribution is 2.25. The summed E-state index contributed by atoms with van der Waals surface area (Å²) in [6.45, 7) is 4.12. The fraction of sp³-hybridized carbons (Fsp3) is 0.571. The first-order valence-electron chi connectivity index (χ1n) is 10.1. The molecule has 2 aliphatic heterocycles. The Morgan fingerprint density at radius 1 is 1.19 bits per heavy atom. The number of nitrogens with one attached hydrogen (secondary N) is 2. The Bertz CT molecular complexity index is 709. The van der Waals surface area contributed by atoms with Gasteiger partial charge in [0.05, 0.1) is 0 Å². The average molecular weight is 371 g/mol. The summed E-state index contributed by atoms with van der Waals surface area (Å²) in [5.41, 5.74) is 2.48. The number of carbonyl (C=O) groups excluding carboxylic acids is 3. The number of anilines is 1. The monoisotopic (exact) mass is 371 g/mol. The van der Waals surface area contributed by atoms with Crippen LogP contribution < -0.4 is 10.6 Å². The quantitative estimate of drug-likeness (QED) is 0.755. The molecule has 6 heteroatoms. The maximum absolute atomic E-state index is 12.8. The smallest absolute Gasteiger partial charge is 0.253 e. The zero-order valence-corrected chi connectivity index (χ0v) is 16.1. The molecular formula is C21H29N3O3. The number of hydrogen-bond acceptors (Lipinski definition) is 3. The summed E-state index contributed by atoms with van der Waals surface area (Å²) in [4.78, 5) is 38.3. The molecule has 0 saturated carbocycles. The van der Waals surface area contributed by atoms with Crippen LogP contribution in [-0.2, 0) is 16.0 Å². The van der Waals surface area contributed by atoms with Crippen LogP contribution in [-0.4, -0.2) is 42.3 Å². The van der Waals surface area contributed by atoms with Crippen LogP contribution in [0.15, 0.2) is 18.2 Å². The largest absolute Gasteiger partial charge is 0.356 e. The Morgan fingerprint density at radius 2 is 1.96 bits per heavy atom. The van der Waals surface area contributed by atoms with Gasteiger partial charge in [0.25, 0.3) is 5.91 Å². The topological polar surface area (TPSA) is 78.5 Å². The maximum atomic E-state index is 12.8. The van der Waals surface area contributed by atoms with Crippen LogP contribution in [0.1, 0.15) is 61.4 Å². The van der Waals surface area contributed by atoms with Crippen LogP contribution in [0.2, 0.25) is 0 Å². The second kappa shape index (κ2) is 9.02. The first-order valence-corrected chi connectivity index (χ1v) is 10.1. The number of piperidine rings is 1. The minimum atomic E-state index is 0.00872. The van der Waals surface area contributed by atoms with E-state index in [1.165, 1.54) is 0 Å². The molecule has 0 spiro atoms. The minimum absolute atomic E-state index is 0.00872. The third kappa shape index (κ3) is 4.87. The Hall–Kier alpha value is -2.37. The van der Waals surface area contributed by atoms with E-state index in [0.29, 0.717) is 44.3 Å². The summed E-state index contributed by atoms with van der Waals surface area (Å²) in [6, 6.07) is 5.49. The average Bonchev–Trinajstić information content (AvgIpc) is 2.70. The van der Waals surface area contributed by atoms with E-state index in [9.17, 15) is 14.4 Å². The molecule has 0 radical (unpaired) electrons. The van der Waals surface area contributed by atoms with Gasteiger partial charge in [-0.15, -0.1) is 0 Å². The van der Waals surface area contributed by atoms with Gasteiger partial charge in [0, 0.05) is 43.2 Å². The van der Waals surface area contributed by atoms with E-state index in [0.717, 1.165) is 37.1 Å². The van der Waals surface area contributed by atoms with E-state index in [1.807, 2.05) is 17.0 Å². The number of amides is 3. The molecule has 0 unspecified atom stereocenters. The number of aryl methyl sites for hydroxylation is 1. The molecule has 2 aliphatic rings. The number of benzene rings is 1. The molecule has 0 aromatic heterocycles. The Labute approximate surface area is 160 Å². The normalized spacial score (nSPS) is 17.2. The van der Waals surface area contributed by atoms with Gasteiger partial charge >= 0.3 is 0 Å². The van der Waals surface area contributed by atoms with Gasteiger partial charge in [0.2, 0.25) is 11.8 Å². The Morgan fingerprint density at radius 3 is 2.70 bits per heavy atom. The van der Waals surface area contributed by atoms with Crippen LogP contribution in [0, 0.1) is 5.92 Å². The number of rotatable bonds is 6. The molecule has 146 valence electrons. The summed E-state index contributed by atoms with van der Waals surface area (Å²) in [5, 5.41) is 5.86. The van der Waals surface area contributed by atoms with E-state index >= 15 is 0 Å². The van der Waals surface area contributed by atoms with Crippen LogP contribution in [0.4, 0.5) is 5.69 Å². The molecule has 27 heavy (non-hydrogen) atoms. The summed E-state index contributed by atoms with van der Waals surface area (Å²) >= 11 is 0. The molecule has 1 saturated heterocycles. The van der Waals surface area contributed by atoms with E-state index in [4.69, 9.17) is 0 Å². The second-order valence-corrected chi connectivity index (χ2v) is 7.48. The summed E-state index contributed by atoms with van der Waals surface area (Å²) in [6.07, 6.45) is 5.87. The SMILES string of the molecule is CCCCCNC(=O)C1CCN(C(=O)c2ccc3c(c2)CCC(=O)N3)CC1. The molecule has 0 aliphatic carbocycles. The lowest BCUT2D eigenvalue weighted by atomic mass is 9.94. The zero-order chi connectivity index (χ0) is 19.2. The molecule has 0 bridgehead atoms. The standard InChI is InChI=1S/C21H29N3O3/c1-2-3-4-11-22-20(26)15-9-12-24(13-10-15)21(27)17-5-7-18-16(14-17)6-8-19(25)23-18/h5,7,14-15H,2-4,6,8-13H2,1H3,(H,22,26)(H,23,25). The first-order chi connectivity index (χ1) is 13.1. The van der Waals surface area contributed by atoms with Crippen molar-refractivity contribution in [2.75, 3.05) is 25.0 Å². The van der Waals surface area contributed by atoms with Gasteiger partial charge in [-0.1, -0.05) is 19.8 Å². The van der Waals surface area contributed by atoms with Crippen molar-refractivity contribution >= 4 is 23.4 Å². The van der Waals surface area contributed by atoms with Gasteiger partial charge in [-0.3, -0.25) is 14.4 Å². The molecule has 3 amide bonds.